The number of nitrogens with zero attached hydrogens (tertiary/aromatic N) is 2. The summed E-state index contributed by atoms with van der Waals surface area (Å²) in [6, 6.07) is 12.6. The minimum absolute atomic E-state index is 0.0383. The number of aryl methyl sites for hydroxylation is 2. The summed E-state index contributed by atoms with van der Waals surface area (Å²) >= 11 is 5.83. The topological polar surface area (TPSA) is 81.8 Å². The van der Waals surface area contributed by atoms with Crippen LogP contribution in [0.1, 0.15) is 34.3 Å². The molecule has 8 heteroatoms. The Balaban J connectivity index is 1.33. The van der Waals surface area contributed by atoms with Crippen LogP contribution in [0.5, 0.6) is 0 Å². The maximum Gasteiger partial charge on any atom is 0.251 e. The van der Waals surface area contributed by atoms with Gasteiger partial charge in [0, 0.05) is 55.4 Å². The summed E-state index contributed by atoms with van der Waals surface area (Å²) in [6.07, 6.45) is 0.963. The lowest BCUT2D eigenvalue weighted by Crippen LogP contribution is -2.50. The molecule has 176 valence electrons. The number of nitrogens with one attached hydrogen (secondary N) is 2. The lowest BCUT2D eigenvalue weighted by molar-refractivity contribution is -0.133. The van der Waals surface area contributed by atoms with E-state index >= 15 is 0 Å². The molecular weight excluding hydrogens is 440 g/mol. The predicted molar refractivity (Wildman–Crippen MR) is 131 cm³/mol. The zero-order chi connectivity index (χ0) is 23.8. The van der Waals surface area contributed by atoms with Crippen molar-refractivity contribution in [2.24, 2.45) is 0 Å². The van der Waals surface area contributed by atoms with Crippen molar-refractivity contribution in [3.63, 3.8) is 0 Å². The first-order chi connectivity index (χ1) is 15.8. The monoisotopic (exact) mass is 470 g/mol. The first-order valence-electron chi connectivity index (χ1n) is 11.2. The van der Waals surface area contributed by atoms with E-state index in [0.717, 1.165) is 16.8 Å². The minimum atomic E-state index is -0.174. The summed E-state index contributed by atoms with van der Waals surface area (Å²) < 4.78 is 0. The molecule has 2 aromatic rings. The molecule has 3 rings (SSSR count). The molecule has 2 aromatic carbocycles. The molecule has 7 nitrogen and oxygen atoms in total. The van der Waals surface area contributed by atoms with Crippen LogP contribution in [-0.2, 0) is 9.59 Å². The van der Waals surface area contributed by atoms with Crippen LogP contribution >= 0.6 is 11.6 Å². The largest absolute Gasteiger partial charge is 0.352 e. The van der Waals surface area contributed by atoms with E-state index in [-0.39, 0.29) is 17.7 Å². The van der Waals surface area contributed by atoms with E-state index < -0.39 is 0 Å². The Morgan fingerprint density at radius 1 is 0.939 bits per heavy atom. The summed E-state index contributed by atoms with van der Waals surface area (Å²) in [5.74, 6) is -0.133. The fraction of sp³-hybridized carbons (Fsp3) is 0.400. The number of amides is 3. The summed E-state index contributed by atoms with van der Waals surface area (Å²) in [5, 5.41) is 6.43. The first kappa shape index (κ1) is 24.7. The fourth-order valence-electron chi connectivity index (χ4n) is 3.85. The Hall–Kier alpha value is -2.90. The van der Waals surface area contributed by atoms with Crippen molar-refractivity contribution in [2.45, 2.75) is 26.7 Å². The lowest BCUT2D eigenvalue weighted by atomic mass is 10.1. The van der Waals surface area contributed by atoms with Crippen LogP contribution in [0.3, 0.4) is 0 Å². The molecule has 1 saturated heterocycles. The second-order valence-corrected chi connectivity index (χ2v) is 8.77. The molecule has 0 aliphatic carbocycles. The molecule has 0 unspecified atom stereocenters. The molecule has 33 heavy (non-hydrogen) atoms. The molecule has 0 spiro atoms. The number of para-hydroxylation sites is 1. The molecule has 3 amide bonds. The van der Waals surface area contributed by atoms with E-state index in [4.69, 9.17) is 11.6 Å². The third-order valence-corrected chi connectivity index (χ3v) is 6.05. The third kappa shape index (κ3) is 7.30. The van der Waals surface area contributed by atoms with Gasteiger partial charge in [0.05, 0.1) is 6.54 Å². The summed E-state index contributed by atoms with van der Waals surface area (Å²) in [5.41, 5.74) is 3.51. The van der Waals surface area contributed by atoms with E-state index in [1.54, 1.807) is 24.3 Å². The second kappa shape index (κ2) is 11.8. The zero-order valence-corrected chi connectivity index (χ0v) is 20.0. The molecule has 0 aromatic heterocycles. The van der Waals surface area contributed by atoms with Gasteiger partial charge in [0.2, 0.25) is 11.8 Å². The van der Waals surface area contributed by atoms with E-state index in [9.17, 15) is 14.4 Å². The highest BCUT2D eigenvalue weighted by Crippen LogP contribution is 2.19. The fourth-order valence-corrected chi connectivity index (χ4v) is 3.98. The molecule has 1 aliphatic rings. The zero-order valence-electron chi connectivity index (χ0n) is 19.2. The Labute approximate surface area is 200 Å². The van der Waals surface area contributed by atoms with Gasteiger partial charge in [0.15, 0.2) is 0 Å². The van der Waals surface area contributed by atoms with E-state index in [2.05, 4.69) is 15.5 Å². The van der Waals surface area contributed by atoms with Gasteiger partial charge < -0.3 is 15.5 Å². The van der Waals surface area contributed by atoms with Crippen molar-refractivity contribution in [2.75, 3.05) is 44.6 Å². The maximum atomic E-state index is 12.5. The number of anilines is 1. The molecule has 2 N–H and O–H groups in total. The van der Waals surface area contributed by atoms with Crippen molar-refractivity contribution < 1.29 is 14.4 Å². The van der Waals surface area contributed by atoms with Crippen molar-refractivity contribution >= 4 is 35.0 Å². The highest BCUT2D eigenvalue weighted by atomic mass is 35.5. The average molecular weight is 471 g/mol. The van der Waals surface area contributed by atoms with E-state index in [1.165, 1.54) is 0 Å². The highest BCUT2D eigenvalue weighted by molar-refractivity contribution is 6.30. The summed E-state index contributed by atoms with van der Waals surface area (Å²) in [6.45, 7) is 7.25. The van der Waals surface area contributed by atoms with Crippen LogP contribution in [0.15, 0.2) is 42.5 Å². The van der Waals surface area contributed by atoms with Crippen LogP contribution in [0.2, 0.25) is 5.02 Å². The molecule has 0 bridgehead atoms. The molecule has 1 fully saturated rings. The van der Waals surface area contributed by atoms with Gasteiger partial charge in [-0.2, -0.15) is 0 Å². The average Bonchev–Trinajstić information content (AvgIpc) is 2.80. The lowest BCUT2D eigenvalue weighted by Gasteiger charge is -2.34. The number of halogens is 1. The van der Waals surface area contributed by atoms with Crippen LogP contribution < -0.4 is 10.6 Å². The van der Waals surface area contributed by atoms with Gasteiger partial charge in [0.25, 0.3) is 5.91 Å². The van der Waals surface area contributed by atoms with Crippen molar-refractivity contribution in [3.8, 4) is 0 Å². The Kier molecular flexibility index (Phi) is 8.86. The number of carbonyl (C=O) groups excluding carboxylic acids is 3. The van der Waals surface area contributed by atoms with Gasteiger partial charge in [-0.3, -0.25) is 19.3 Å². The number of hydrogen-bond donors (Lipinski definition) is 2. The maximum absolute atomic E-state index is 12.5. The number of piperazine rings is 1. The summed E-state index contributed by atoms with van der Waals surface area (Å²) in [7, 11) is 0. The predicted octanol–water partition coefficient (Wildman–Crippen LogP) is 3.25. The normalized spacial score (nSPS) is 14.1. The first-order valence-corrected chi connectivity index (χ1v) is 11.6. The molecule has 1 heterocycles. The number of rotatable bonds is 8. The van der Waals surface area contributed by atoms with Crippen molar-refractivity contribution in [3.05, 3.63) is 64.2 Å². The van der Waals surface area contributed by atoms with Crippen molar-refractivity contribution in [1.82, 2.24) is 15.1 Å². The molecular formula is C25H31ClN4O3. The van der Waals surface area contributed by atoms with Gasteiger partial charge in [-0.15, -0.1) is 0 Å². The highest BCUT2D eigenvalue weighted by Gasteiger charge is 2.22. The van der Waals surface area contributed by atoms with Crippen molar-refractivity contribution in [1.29, 1.82) is 0 Å². The van der Waals surface area contributed by atoms with Gasteiger partial charge in [0.1, 0.15) is 0 Å². The molecule has 0 saturated carbocycles. The Morgan fingerprint density at radius 3 is 2.21 bits per heavy atom. The van der Waals surface area contributed by atoms with Crippen LogP contribution in [-0.4, -0.2) is 66.8 Å². The number of hydrogen-bond acceptors (Lipinski definition) is 4. The minimum Gasteiger partial charge on any atom is -0.352 e. The summed E-state index contributed by atoms with van der Waals surface area (Å²) in [4.78, 5) is 41.0. The van der Waals surface area contributed by atoms with Crippen LogP contribution in [0.4, 0.5) is 5.69 Å². The smallest absolute Gasteiger partial charge is 0.251 e. The SMILES string of the molecule is Cc1cccc(C)c1NC(=O)CN1CCN(C(=O)CCCNC(=O)c2ccc(Cl)cc2)CC1. The van der Waals surface area contributed by atoms with E-state index in [1.807, 2.05) is 36.9 Å². The number of benzene rings is 2. The second-order valence-electron chi connectivity index (χ2n) is 8.34. The van der Waals surface area contributed by atoms with E-state index in [0.29, 0.717) is 62.7 Å². The molecule has 0 radical (unpaired) electrons. The quantitative estimate of drug-likeness (QED) is 0.580. The van der Waals surface area contributed by atoms with Gasteiger partial charge in [-0.1, -0.05) is 29.8 Å². The van der Waals surface area contributed by atoms with Gasteiger partial charge >= 0.3 is 0 Å². The van der Waals surface area contributed by atoms with Gasteiger partial charge in [-0.05, 0) is 55.7 Å². The van der Waals surface area contributed by atoms with Gasteiger partial charge in [-0.25, -0.2) is 0 Å². The third-order valence-electron chi connectivity index (χ3n) is 5.80. The Morgan fingerprint density at radius 2 is 1.58 bits per heavy atom. The Bertz CT molecular complexity index is 965. The molecule has 1 aliphatic heterocycles. The van der Waals surface area contributed by atoms with Crippen LogP contribution in [0.25, 0.3) is 0 Å². The number of carbonyl (C=O) groups is 3. The standard InChI is InChI=1S/C25H31ClN4O3/c1-18-5-3-6-19(2)24(18)28-22(31)17-29-13-15-30(16-14-29)23(32)7-4-12-27-25(33)20-8-10-21(26)11-9-20/h3,5-6,8-11H,4,7,12-17H2,1-2H3,(H,27,33)(H,28,31). The molecule has 0 atom stereocenters. The van der Waals surface area contributed by atoms with Crippen LogP contribution in [0, 0.1) is 13.8 Å².